The predicted octanol–water partition coefficient (Wildman–Crippen LogP) is 4.03. The molecule has 0 N–H and O–H groups in total. The molecule has 0 aromatic carbocycles. The summed E-state index contributed by atoms with van der Waals surface area (Å²) in [6.45, 7) is 12.8. The third-order valence-electron chi connectivity index (χ3n) is 4.41. The summed E-state index contributed by atoms with van der Waals surface area (Å²) < 4.78 is 1.76. The Labute approximate surface area is 133 Å². The number of nitrogens with zero attached hydrogens (tertiary/aromatic N) is 3. The molecule has 1 aromatic heterocycles. The molecule has 1 heterocycles. The molecule has 0 aliphatic carbocycles. The maximum absolute atomic E-state index is 13.3. The Balaban J connectivity index is 3.33. The molecule has 5 heteroatoms. The Morgan fingerprint density at radius 2 is 1.81 bits per heavy atom. The molecule has 0 unspecified atom stereocenters. The summed E-state index contributed by atoms with van der Waals surface area (Å²) in [5, 5.41) is 4.73. The summed E-state index contributed by atoms with van der Waals surface area (Å²) in [6, 6.07) is 0. The summed E-state index contributed by atoms with van der Waals surface area (Å²) in [5.41, 5.74) is 0.0766. The SMILES string of the molecule is CCCn1ncc(Cl)c1C(=O)C(CC)(CC)N(CC)CC. The van der Waals surface area contributed by atoms with Gasteiger partial charge in [-0.1, -0.05) is 46.2 Å². The van der Waals surface area contributed by atoms with E-state index >= 15 is 0 Å². The van der Waals surface area contributed by atoms with E-state index in [1.54, 1.807) is 10.9 Å². The lowest BCUT2D eigenvalue weighted by Gasteiger charge is -2.41. The fourth-order valence-electron chi connectivity index (χ4n) is 3.18. The Hall–Kier alpha value is -0.870. The zero-order valence-corrected chi connectivity index (χ0v) is 14.7. The minimum atomic E-state index is -0.487. The van der Waals surface area contributed by atoms with E-state index in [4.69, 9.17) is 11.6 Å². The van der Waals surface area contributed by atoms with Gasteiger partial charge in [-0.3, -0.25) is 14.4 Å². The van der Waals surface area contributed by atoms with E-state index in [9.17, 15) is 4.79 Å². The summed E-state index contributed by atoms with van der Waals surface area (Å²) in [6.07, 6.45) is 4.06. The monoisotopic (exact) mass is 313 g/mol. The van der Waals surface area contributed by atoms with E-state index in [1.807, 2.05) is 0 Å². The highest BCUT2D eigenvalue weighted by Gasteiger charge is 2.42. The number of ketones is 1. The van der Waals surface area contributed by atoms with Gasteiger partial charge in [-0.15, -0.1) is 0 Å². The van der Waals surface area contributed by atoms with Crippen molar-refractivity contribution >= 4 is 17.4 Å². The van der Waals surface area contributed by atoms with Gasteiger partial charge in [0.25, 0.3) is 0 Å². The Morgan fingerprint density at radius 1 is 1.24 bits per heavy atom. The first kappa shape index (κ1) is 18.2. The molecule has 0 aliphatic heterocycles. The van der Waals surface area contributed by atoms with Crippen LogP contribution in [0.5, 0.6) is 0 Å². The molecule has 0 saturated carbocycles. The number of likely N-dealkylation sites (N-methyl/N-ethyl adjacent to an activating group) is 1. The zero-order chi connectivity index (χ0) is 16.0. The second kappa shape index (κ2) is 7.95. The van der Waals surface area contributed by atoms with Gasteiger partial charge in [0.05, 0.1) is 16.8 Å². The van der Waals surface area contributed by atoms with Gasteiger partial charge in [0.2, 0.25) is 5.78 Å². The van der Waals surface area contributed by atoms with Crippen LogP contribution in [0.1, 0.15) is 64.4 Å². The Kier molecular flexibility index (Phi) is 6.88. The van der Waals surface area contributed by atoms with Gasteiger partial charge in [0.15, 0.2) is 0 Å². The summed E-state index contributed by atoms with van der Waals surface area (Å²) in [5.74, 6) is 0.104. The zero-order valence-electron chi connectivity index (χ0n) is 13.9. The molecule has 0 atom stereocenters. The van der Waals surface area contributed by atoms with E-state index < -0.39 is 5.54 Å². The quantitative estimate of drug-likeness (QED) is 0.646. The maximum Gasteiger partial charge on any atom is 0.202 e. The van der Waals surface area contributed by atoms with E-state index in [-0.39, 0.29) is 5.78 Å². The predicted molar refractivity (Wildman–Crippen MR) is 88.1 cm³/mol. The molecule has 0 amide bonds. The van der Waals surface area contributed by atoms with Gasteiger partial charge in [-0.2, -0.15) is 5.10 Å². The molecule has 0 radical (unpaired) electrons. The minimum Gasteiger partial charge on any atom is -0.291 e. The molecule has 0 spiro atoms. The van der Waals surface area contributed by atoms with Gasteiger partial charge in [0, 0.05) is 6.54 Å². The van der Waals surface area contributed by atoms with Gasteiger partial charge in [-0.05, 0) is 32.4 Å². The van der Waals surface area contributed by atoms with Gasteiger partial charge in [0.1, 0.15) is 5.69 Å². The molecule has 0 aliphatic rings. The molecule has 21 heavy (non-hydrogen) atoms. The fraction of sp³-hybridized carbons (Fsp3) is 0.750. The van der Waals surface area contributed by atoms with Crippen molar-refractivity contribution in [1.29, 1.82) is 0 Å². The highest BCUT2D eigenvalue weighted by Crippen LogP contribution is 2.31. The highest BCUT2D eigenvalue weighted by atomic mass is 35.5. The maximum atomic E-state index is 13.3. The van der Waals surface area contributed by atoms with Crippen molar-refractivity contribution in [3.8, 4) is 0 Å². The molecule has 1 aromatic rings. The first-order valence-electron chi connectivity index (χ1n) is 8.03. The molecule has 4 nitrogen and oxygen atoms in total. The van der Waals surface area contributed by atoms with Crippen LogP contribution in [0.25, 0.3) is 0 Å². The van der Waals surface area contributed by atoms with Crippen molar-refractivity contribution in [2.24, 2.45) is 0 Å². The number of aryl methyl sites for hydroxylation is 1. The number of carbonyl (C=O) groups is 1. The lowest BCUT2D eigenvalue weighted by molar-refractivity contribution is 0.0523. The number of Topliss-reactive ketones (excluding diaryl/α,β-unsaturated/α-hetero) is 1. The Morgan fingerprint density at radius 3 is 2.24 bits per heavy atom. The molecular formula is C16H28ClN3O. The smallest absolute Gasteiger partial charge is 0.202 e. The van der Waals surface area contributed by atoms with Crippen molar-refractivity contribution in [3.63, 3.8) is 0 Å². The van der Waals surface area contributed by atoms with Crippen LogP contribution >= 0.6 is 11.6 Å². The fourth-order valence-corrected chi connectivity index (χ4v) is 3.41. The van der Waals surface area contributed by atoms with Crippen LogP contribution in [0.3, 0.4) is 0 Å². The normalized spacial score (nSPS) is 12.1. The number of carbonyl (C=O) groups excluding carboxylic acids is 1. The van der Waals surface area contributed by atoms with Crippen LogP contribution in [-0.2, 0) is 6.54 Å². The number of aromatic nitrogens is 2. The third kappa shape index (κ3) is 3.32. The van der Waals surface area contributed by atoms with Crippen LogP contribution in [-0.4, -0.2) is 39.1 Å². The van der Waals surface area contributed by atoms with Gasteiger partial charge < -0.3 is 0 Å². The molecule has 120 valence electrons. The second-order valence-corrected chi connectivity index (χ2v) is 5.71. The van der Waals surface area contributed by atoms with Crippen LogP contribution in [0.15, 0.2) is 6.20 Å². The summed E-state index contributed by atoms with van der Waals surface area (Å²) in [4.78, 5) is 15.5. The van der Waals surface area contributed by atoms with Crippen molar-refractivity contribution in [2.45, 2.75) is 66.0 Å². The number of halogens is 1. The van der Waals surface area contributed by atoms with Crippen LogP contribution in [0, 0.1) is 0 Å². The van der Waals surface area contributed by atoms with Crippen molar-refractivity contribution < 1.29 is 4.79 Å². The molecule has 0 saturated heterocycles. The summed E-state index contributed by atoms with van der Waals surface area (Å²) in [7, 11) is 0. The lowest BCUT2D eigenvalue weighted by atomic mass is 9.84. The van der Waals surface area contributed by atoms with E-state index in [2.05, 4.69) is 44.6 Å². The lowest BCUT2D eigenvalue weighted by Crippen LogP contribution is -2.54. The van der Waals surface area contributed by atoms with Crippen molar-refractivity contribution in [2.75, 3.05) is 13.1 Å². The van der Waals surface area contributed by atoms with Gasteiger partial charge in [-0.25, -0.2) is 0 Å². The highest BCUT2D eigenvalue weighted by molar-refractivity contribution is 6.34. The summed E-state index contributed by atoms with van der Waals surface area (Å²) >= 11 is 6.26. The van der Waals surface area contributed by atoms with Crippen molar-refractivity contribution in [3.05, 3.63) is 16.9 Å². The van der Waals surface area contributed by atoms with Crippen molar-refractivity contribution in [1.82, 2.24) is 14.7 Å². The third-order valence-corrected chi connectivity index (χ3v) is 4.68. The average molecular weight is 314 g/mol. The number of hydrogen-bond acceptors (Lipinski definition) is 3. The topological polar surface area (TPSA) is 38.1 Å². The van der Waals surface area contributed by atoms with Gasteiger partial charge >= 0.3 is 0 Å². The van der Waals surface area contributed by atoms with E-state index in [1.165, 1.54) is 0 Å². The molecular weight excluding hydrogens is 286 g/mol. The van der Waals surface area contributed by atoms with E-state index in [0.29, 0.717) is 10.7 Å². The standard InChI is InChI=1S/C16H28ClN3O/c1-6-11-20-14(13(17)12-18-20)15(21)16(7-2,8-3)19(9-4)10-5/h12H,6-11H2,1-5H3. The largest absolute Gasteiger partial charge is 0.291 e. The van der Waals surface area contributed by atoms with Crippen LogP contribution in [0.4, 0.5) is 0 Å². The molecule has 1 rings (SSSR count). The van der Waals surface area contributed by atoms with Crippen LogP contribution < -0.4 is 0 Å². The second-order valence-electron chi connectivity index (χ2n) is 5.30. The number of rotatable bonds is 9. The first-order valence-corrected chi connectivity index (χ1v) is 8.41. The minimum absolute atomic E-state index is 0.104. The first-order chi connectivity index (χ1) is 10.0. The van der Waals surface area contributed by atoms with Crippen LogP contribution in [0.2, 0.25) is 5.02 Å². The number of hydrogen-bond donors (Lipinski definition) is 0. The molecule has 0 bridgehead atoms. The van der Waals surface area contributed by atoms with E-state index in [0.717, 1.165) is 38.9 Å². The molecule has 0 fully saturated rings. The average Bonchev–Trinajstić information content (AvgIpc) is 2.85. The Bertz CT molecular complexity index is 462.